The highest BCUT2D eigenvalue weighted by atomic mass is 14.1. The molecule has 0 aliphatic carbocycles. The molecule has 0 heteroatoms. The van der Waals surface area contributed by atoms with Gasteiger partial charge in [-0.3, -0.25) is 0 Å². The second-order valence-corrected chi connectivity index (χ2v) is 13.3. The minimum Gasteiger partial charge on any atom is -0.102 e. The third-order valence-electron chi connectivity index (χ3n) is 9.22. The zero-order valence-corrected chi connectivity index (χ0v) is 31.3. The van der Waals surface area contributed by atoms with Crippen molar-refractivity contribution in [1.29, 1.82) is 0 Å². The Morgan fingerprint density at radius 2 is 0.786 bits per heavy atom. The monoisotopic (exact) mass is 712 g/mol. The van der Waals surface area contributed by atoms with Crippen LogP contribution in [0.1, 0.15) is 46.2 Å². The van der Waals surface area contributed by atoms with Crippen molar-refractivity contribution in [2.24, 2.45) is 0 Å². The number of hydrogen-bond donors (Lipinski definition) is 0. The van der Waals surface area contributed by atoms with Crippen molar-refractivity contribution in [3.8, 4) is 35.5 Å². The molecule has 8 rings (SSSR count). The van der Waals surface area contributed by atoms with E-state index in [1.165, 1.54) is 54.2 Å². The molecule has 0 fully saturated rings. The highest BCUT2D eigenvalue weighted by molar-refractivity contribution is 6.01. The fourth-order valence-electron chi connectivity index (χ4n) is 6.36. The van der Waals surface area contributed by atoms with Gasteiger partial charge in [0.25, 0.3) is 0 Å². The van der Waals surface area contributed by atoms with E-state index in [2.05, 4.69) is 158 Å². The van der Waals surface area contributed by atoms with Crippen molar-refractivity contribution in [2.75, 3.05) is 0 Å². The van der Waals surface area contributed by atoms with Crippen molar-refractivity contribution < 1.29 is 0 Å². The average Bonchev–Trinajstić information content (AvgIpc) is 3.24. The molecular weight excluding hydrogens is 673 g/mol. The molecule has 8 aromatic rings. The van der Waals surface area contributed by atoms with Crippen LogP contribution in [0.15, 0.2) is 195 Å². The van der Waals surface area contributed by atoms with E-state index in [0.29, 0.717) is 0 Å². The third-order valence-corrected chi connectivity index (χ3v) is 9.22. The van der Waals surface area contributed by atoms with Gasteiger partial charge < -0.3 is 0 Å². The maximum Gasteiger partial charge on any atom is 0.0272 e. The Morgan fingerprint density at radius 3 is 1.23 bits per heavy atom. The van der Waals surface area contributed by atoms with Crippen LogP contribution in [0.2, 0.25) is 0 Å². The molecule has 0 spiro atoms. The Kier molecular flexibility index (Phi) is 12.1. The highest BCUT2D eigenvalue weighted by Gasteiger charge is 2.03. The van der Waals surface area contributed by atoms with Gasteiger partial charge in [-0.2, -0.15) is 0 Å². The van der Waals surface area contributed by atoms with E-state index in [-0.39, 0.29) is 0 Å². The summed E-state index contributed by atoms with van der Waals surface area (Å²) < 4.78 is 0. The first kappa shape index (κ1) is 36.8. The van der Waals surface area contributed by atoms with E-state index < -0.39 is 0 Å². The standard InChI is InChI=1S/C46H28.C10H12/c1-3-7-33(8-4-1)11-13-35-17-21-39-31-45-27-37(19-23-41(45)29-43(39)25-35)15-16-38-20-24-42-30-44-26-36(14-12-34-9-5-2-6-10-34)18-22-40(44)32-46(42)28-38;1-3-5-7-9-10-8-6-4-2/h1-10,15-32H;3-5,7H,1-2,6,9H2/b16-15+;7-5-. The van der Waals surface area contributed by atoms with Crippen LogP contribution in [0.3, 0.4) is 0 Å². The quantitative estimate of drug-likeness (QED) is 0.0548. The number of rotatable bonds is 5. The lowest BCUT2D eigenvalue weighted by atomic mass is 9.99. The highest BCUT2D eigenvalue weighted by Crippen LogP contribution is 2.27. The van der Waals surface area contributed by atoms with Gasteiger partial charge in [-0.15, -0.1) is 6.58 Å². The van der Waals surface area contributed by atoms with Gasteiger partial charge >= 0.3 is 0 Å². The van der Waals surface area contributed by atoms with E-state index >= 15 is 0 Å². The molecule has 0 unspecified atom stereocenters. The molecule has 0 amide bonds. The summed E-state index contributed by atoms with van der Waals surface area (Å²) in [7, 11) is 0. The van der Waals surface area contributed by atoms with Crippen LogP contribution in [0.4, 0.5) is 0 Å². The predicted octanol–water partition coefficient (Wildman–Crippen LogP) is 14.0. The molecule has 0 bridgehead atoms. The summed E-state index contributed by atoms with van der Waals surface area (Å²) in [6, 6.07) is 55.6. The molecule has 0 aliphatic rings. The van der Waals surface area contributed by atoms with Gasteiger partial charge in [-0.05, 0) is 139 Å². The molecule has 0 saturated carbocycles. The van der Waals surface area contributed by atoms with Gasteiger partial charge in [-0.25, -0.2) is 0 Å². The normalized spacial score (nSPS) is 10.6. The largest absolute Gasteiger partial charge is 0.102 e. The van der Waals surface area contributed by atoms with Gasteiger partial charge in [0.2, 0.25) is 0 Å². The first-order valence-corrected chi connectivity index (χ1v) is 18.8. The number of fused-ring (bicyclic) bond motifs is 4. The lowest BCUT2D eigenvalue weighted by Crippen LogP contribution is -1.82. The van der Waals surface area contributed by atoms with Crippen molar-refractivity contribution in [2.45, 2.75) is 12.8 Å². The minimum atomic E-state index is 0.780. The Bertz CT molecular complexity index is 2760. The minimum absolute atomic E-state index is 0.780. The summed E-state index contributed by atoms with van der Waals surface area (Å²) in [5, 5.41) is 9.76. The lowest BCUT2D eigenvalue weighted by molar-refractivity contribution is 1.42. The summed E-state index contributed by atoms with van der Waals surface area (Å²) in [6.45, 7) is 7.10. The van der Waals surface area contributed by atoms with Gasteiger partial charge in [-0.1, -0.05) is 151 Å². The van der Waals surface area contributed by atoms with Crippen molar-refractivity contribution in [1.82, 2.24) is 0 Å². The van der Waals surface area contributed by atoms with Crippen LogP contribution in [0, 0.1) is 35.5 Å². The molecular formula is C56H40. The van der Waals surface area contributed by atoms with Gasteiger partial charge in [0.15, 0.2) is 0 Å². The average molecular weight is 713 g/mol. The molecule has 0 radical (unpaired) electrons. The molecule has 0 atom stereocenters. The zero-order chi connectivity index (χ0) is 38.4. The number of hydrogen-bond acceptors (Lipinski definition) is 0. The summed E-state index contributed by atoms with van der Waals surface area (Å²) >= 11 is 0. The zero-order valence-electron chi connectivity index (χ0n) is 31.3. The molecule has 0 nitrogen and oxygen atoms in total. The molecule has 0 heterocycles. The molecule has 0 N–H and O–H groups in total. The number of benzene rings is 8. The van der Waals surface area contributed by atoms with Crippen LogP contribution in [0.5, 0.6) is 0 Å². The molecule has 8 aromatic carbocycles. The molecule has 0 aromatic heterocycles. The van der Waals surface area contributed by atoms with Gasteiger partial charge in [0, 0.05) is 35.1 Å². The van der Waals surface area contributed by atoms with Crippen LogP contribution >= 0.6 is 0 Å². The Morgan fingerprint density at radius 1 is 0.375 bits per heavy atom. The first-order valence-electron chi connectivity index (χ1n) is 18.8. The van der Waals surface area contributed by atoms with E-state index in [1.54, 1.807) is 12.2 Å². The SMILES string of the molecule is C(#Cc1ccc2cc3cc(/C=C/c4ccc5cc6cc(C#Cc7ccccc7)ccc6cc5c4)ccc3cc2c1)c1ccccc1.C=C/C=C\CC#CCC=C. The van der Waals surface area contributed by atoms with Crippen molar-refractivity contribution >= 4 is 55.2 Å². The Balaban J connectivity index is 0.000000426. The summed E-state index contributed by atoms with van der Waals surface area (Å²) in [5.41, 5.74) is 6.46. The van der Waals surface area contributed by atoms with Gasteiger partial charge in [0.05, 0.1) is 0 Å². The fraction of sp³-hybridized carbons (Fsp3) is 0.0357. The maximum absolute atomic E-state index is 3.56. The van der Waals surface area contributed by atoms with Crippen LogP contribution in [-0.4, -0.2) is 0 Å². The second-order valence-electron chi connectivity index (χ2n) is 13.3. The van der Waals surface area contributed by atoms with Crippen LogP contribution < -0.4 is 0 Å². The van der Waals surface area contributed by atoms with E-state index in [4.69, 9.17) is 0 Å². The molecule has 0 aliphatic heterocycles. The Labute approximate surface area is 330 Å². The molecule has 264 valence electrons. The second kappa shape index (κ2) is 18.5. The summed E-state index contributed by atoms with van der Waals surface area (Å²) in [5.74, 6) is 19.1. The summed E-state index contributed by atoms with van der Waals surface area (Å²) in [4.78, 5) is 0. The topological polar surface area (TPSA) is 0 Å². The predicted molar refractivity (Wildman–Crippen MR) is 243 cm³/mol. The third kappa shape index (κ3) is 9.90. The van der Waals surface area contributed by atoms with E-state index in [1.807, 2.05) is 72.8 Å². The maximum atomic E-state index is 3.56. The van der Waals surface area contributed by atoms with Gasteiger partial charge in [0.1, 0.15) is 0 Å². The summed E-state index contributed by atoms with van der Waals surface area (Å²) in [6.07, 6.45) is 13.4. The molecule has 56 heavy (non-hydrogen) atoms. The fourth-order valence-corrected chi connectivity index (χ4v) is 6.36. The van der Waals surface area contributed by atoms with Crippen molar-refractivity contribution in [3.63, 3.8) is 0 Å². The Hall–Kier alpha value is -7.56. The van der Waals surface area contributed by atoms with Crippen LogP contribution in [0.25, 0.3) is 55.2 Å². The first-order chi connectivity index (χ1) is 27.6. The smallest absolute Gasteiger partial charge is 0.0272 e. The molecule has 0 saturated heterocycles. The van der Waals surface area contributed by atoms with Crippen molar-refractivity contribution in [3.05, 3.63) is 229 Å². The van der Waals surface area contributed by atoms with E-state index in [9.17, 15) is 0 Å². The number of allylic oxidation sites excluding steroid dienone is 4. The van der Waals surface area contributed by atoms with E-state index in [0.717, 1.165) is 35.1 Å². The van der Waals surface area contributed by atoms with Crippen LogP contribution in [-0.2, 0) is 0 Å². The lowest BCUT2D eigenvalue weighted by Gasteiger charge is -2.06.